The Morgan fingerprint density at radius 1 is 1.00 bits per heavy atom. The van der Waals surface area contributed by atoms with Gasteiger partial charge in [-0.25, -0.2) is 17.8 Å². The second kappa shape index (κ2) is 7.37. The van der Waals surface area contributed by atoms with E-state index in [9.17, 15) is 17.6 Å². The average Bonchev–Trinajstić information content (AvgIpc) is 2.67. The van der Waals surface area contributed by atoms with Gasteiger partial charge in [0.1, 0.15) is 17.1 Å². The SMILES string of the molecule is COc1ccc(Cl)c(F)c1C(=O)c1c(OC)ccc2nc(S(C)(=O)=O)ccc12. The minimum absolute atomic E-state index is 0.00618. The van der Waals surface area contributed by atoms with E-state index in [1.807, 2.05) is 0 Å². The van der Waals surface area contributed by atoms with Gasteiger partial charge in [-0.1, -0.05) is 11.6 Å². The molecule has 0 aliphatic carbocycles. The average molecular weight is 424 g/mol. The summed E-state index contributed by atoms with van der Waals surface area (Å²) in [6.07, 6.45) is 1.03. The first-order valence-electron chi connectivity index (χ1n) is 7.93. The van der Waals surface area contributed by atoms with Gasteiger partial charge in [0.25, 0.3) is 0 Å². The topological polar surface area (TPSA) is 82.6 Å². The molecule has 0 N–H and O–H groups in total. The molecule has 9 heteroatoms. The van der Waals surface area contributed by atoms with Gasteiger partial charge in [0.2, 0.25) is 5.78 Å². The number of carbonyl (C=O) groups is 1. The first-order valence-corrected chi connectivity index (χ1v) is 10.2. The number of hydrogen-bond acceptors (Lipinski definition) is 6. The van der Waals surface area contributed by atoms with Crippen molar-refractivity contribution in [2.24, 2.45) is 0 Å². The Balaban J connectivity index is 2.34. The number of pyridine rings is 1. The lowest BCUT2D eigenvalue weighted by Gasteiger charge is -2.14. The summed E-state index contributed by atoms with van der Waals surface area (Å²) in [6, 6.07) is 8.36. The van der Waals surface area contributed by atoms with Gasteiger partial charge in [0, 0.05) is 11.6 Å². The molecule has 1 heterocycles. The minimum Gasteiger partial charge on any atom is -0.496 e. The molecule has 0 saturated carbocycles. The summed E-state index contributed by atoms with van der Waals surface area (Å²) in [5, 5.41) is -0.0749. The van der Waals surface area contributed by atoms with Gasteiger partial charge in [-0.2, -0.15) is 0 Å². The van der Waals surface area contributed by atoms with Crippen molar-refractivity contribution < 1.29 is 27.1 Å². The van der Waals surface area contributed by atoms with Crippen LogP contribution in [0.25, 0.3) is 10.9 Å². The van der Waals surface area contributed by atoms with Crippen molar-refractivity contribution in [1.82, 2.24) is 4.98 Å². The van der Waals surface area contributed by atoms with Crippen molar-refractivity contribution in [2.75, 3.05) is 20.5 Å². The molecule has 1 aromatic heterocycles. The minimum atomic E-state index is -3.54. The van der Waals surface area contributed by atoms with E-state index < -0.39 is 21.4 Å². The van der Waals surface area contributed by atoms with Crippen LogP contribution in [0.1, 0.15) is 15.9 Å². The normalized spacial score (nSPS) is 11.5. The number of carbonyl (C=O) groups excluding carboxylic acids is 1. The molecule has 0 bridgehead atoms. The Morgan fingerprint density at radius 3 is 2.21 bits per heavy atom. The fourth-order valence-corrected chi connectivity index (χ4v) is 3.55. The number of benzene rings is 2. The number of sulfone groups is 1. The first kappa shape index (κ1) is 20.0. The maximum Gasteiger partial charge on any atom is 0.204 e. The van der Waals surface area contributed by atoms with Gasteiger partial charge in [0.05, 0.1) is 30.3 Å². The van der Waals surface area contributed by atoms with Gasteiger partial charge in [-0.3, -0.25) is 4.79 Å². The summed E-state index contributed by atoms with van der Waals surface area (Å²) in [4.78, 5) is 17.4. The lowest BCUT2D eigenvalue weighted by atomic mass is 9.97. The van der Waals surface area contributed by atoms with E-state index in [1.165, 1.54) is 50.6 Å². The van der Waals surface area contributed by atoms with E-state index in [0.717, 1.165) is 6.26 Å². The Bertz CT molecular complexity index is 1210. The van der Waals surface area contributed by atoms with Crippen LogP contribution in [0, 0.1) is 5.82 Å². The summed E-state index contributed by atoms with van der Waals surface area (Å²) in [5.74, 6) is -1.47. The van der Waals surface area contributed by atoms with E-state index in [0.29, 0.717) is 5.39 Å². The standard InChI is InChI=1S/C19H15ClFNO5S/c1-26-13-8-6-12-10(4-9-15(22-12)28(3,24)25)16(13)19(23)17-14(27-2)7-5-11(20)18(17)21/h4-9H,1-3H3. The van der Waals surface area contributed by atoms with Crippen LogP contribution in [-0.2, 0) is 9.84 Å². The third kappa shape index (κ3) is 3.41. The van der Waals surface area contributed by atoms with E-state index in [4.69, 9.17) is 21.1 Å². The van der Waals surface area contributed by atoms with Gasteiger partial charge < -0.3 is 9.47 Å². The third-order valence-corrected chi connectivity index (χ3v) is 5.42. The first-order chi connectivity index (χ1) is 13.2. The van der Waals surface area contributed by atoms with Crippen LogP contribution in [0.4, 0.5) is 4.39 Å². The van der Waals surface area contributed by atoms with Crippen molar-refractivity contribution in [3.8, 4) is 11.5 Å². The van der Waals surface area contributed by atoms with Crippen LogP contribution in [0.2, 0.25) is 5.02 Å². The van der Waals surface area contributed by atoms with Crippen LogP contribution < -0.4 is 9.47 Å². The van der Waals surface area contributed by atoms with Crippen LogP contribution in [-0.4, -0.2) is 39.7 Å². The van der Waals surface area contributed by atoms with Crippen LogP contribution >= 0.6 is 11.6 Å². The lowest BCUT2D eigenvalue weighted by Crippen LogP contribution is -2.10. The van der Waals surface area contributed by atoms with E-state index in [1.54, 1.807) is 0 Å². The Labute approximate surface area is 165 Å². The number of ketones is 1. The molecule has 0 atom stereocenters. The number of fused-ring (bicyclic) bond motifs is 1. The summed E-state index contributed by atoms with van der Waals surface area (Å²) in [7, 11) is -0.875. The predicted molar refractivity (Wildman–Crippen MR) is 103 cm³/mol. The molecule has 0 aliphatic rings. The zero-order valence-corrected chi connectivity index (χ0v) is 16.7. The highest BCUT2D eigenvalue weighted by atomic mass is 35.5. The van der Waals surface area contributed by atoms with E-state index >= 15 is 0 Å². The summed E-state index contributed by atoms with van der Waals surface area (Å²) in [5.41, 5.74) is -0.0894. The molecule has 0 radical (unpaired) electrons. The van der Waals surface area contributed by atoms with Crippen molar-refractivity contribution in [3.63, 3.8) is 0 Å². The number of hydrogen-bond donors (Lipinski definition) is 0. The molecule has 0 fully saturated rings. The van der Waals surface area contributed by atoms with E-state index in [-0.39, 0.29) is 38.2 Å². The van der Waals surface area contributed by atoms with Crippen LogP contribution in [0.5, 0.6) is 11.5 Å². The Hall–Kier alpha value is -2.71. The molecule has 0 spiro atoms. The Morgan fingerprint density at radius 2 is 1.61 bits per heavy atom. The molecular formula is C19H15ClFNO5S. The number of rotatable bonds is 5. The summed E-state index contributed by atoms with van der Waals surface area (Å²) in [6.45, 7) is 0. The zero-order chi connectivity index (χ0) is 20.6. The van der Waals surface area contributed by atoms with Crippen molar-refractivity contribution in [3.05, 3.63) is 58.4 Å². The molecule has 0 amide bonds. The molecule has 6 nitrogen and oxygen atoms in total. The maximum atomic E-state index is 14.7. The highest BCUT2D eigenvalue weighted by Gasteiger charge is 2.26. The zero-order valence-electron chi connectivity index (χ0n) is 15.1. The monoisotopic (exact) mass is 423 g/mol. The molecule has 2 aromatic carbocycles. The van der Waals surface area contributed by atoms with Crippen LogP contribution in [0.3, 0.4) is 0 Å². The fraction of sp³-hybridized carbons (Fsp3) is 0.158. The van der Waals surface area contributed by atoms with Gasteiger partial charge in [0.15, 0.2) is 20.7 Å². The quantitative estimate of drug-likeness (QED) is 0.582. The number of nitrogens with zero attached hydrogens (tertiary/aromatic N) is 1. The molecular weight excluding hydrogens is 409 g/mol. The van der Waals surface area contributed by atoms with Crippen molar-refractivity contribution >= 4 is 38.1 Å². The molecule has 28 heavy (non-hydrogen) atoms. The molecule has 146 valence electrons. The number of ether oxygens (including phenoxy) is 2. The molecule has 0 saturated heterocycles. The molecule has 3 aromatic rings. The van der Waals surface area contributed by atoms with Crippen molar-refractivity contribution in [2.45, 2.75) is 5.03 Å². The third-order valence-electron chi connectivity index (χ3n) is 4.14. The molecule has 0 unspecified atom stereocenters. The second-order valence-electron chi connectivity index (χ2n) is 5.90. The number of methoxy groups -OCH3 is 2. The lowest BCUT2D eigenvalue weighted by molar-refractivity contribution is 0.103. The molecule has 0 aliphatic heterocycles. The fourth-order valence-electron chi connectivity index (χ4n) is 2.82. The number of aromatic nitrogens is 1. The summed E-state index contributed by atoms with van der Waals surface area (Å²) < 4.78 is 48.6. The molecule has 3 rings (SSSR count). The Kier molecular flexibility index (Phi) is 5.27. The van der Waals surface area contributed by atoms with E-state index in [2.05, 4.69) is 4.98 Å². The van der Waals surface area contributed by atoms with Crippen molar-refractivity contribution in [1.29, 1.82) is 0 Å². The largest absolute Gasteiger partial charge is 0.496 e. The highest BCUT2D eigenvalue weighted by molar-refractivity contribution is 7.90. The van der Waals surface area contributed by atoms with Gasteiger partial charge in [-0.05, 0) is 36.4 Å². The van der Waals surface area contributed by atoms with Crippen LogP contribution in [0.15, 0.2) is 41.4 Å². The smallest absolute Gasteiger partial charge is 0.204 e. The number of halogens is 2. The predicted octanol–water partition coefficient (Wildman–Crippen LogP) is 3.68. The maximum absolute atomic E-state index is 14.7. The highest BCUT2D eigenvalue weighted by Crippen LogP contribution is 2.35. The van der Waals surface area contributed by atoms with Gasteiger partial charge in [-0.15, -0.1) is 0 Å². The second-order valence-corrected chi connectivity index (χ2v) is 8.27. The summed E-state index contributed by atoms with van der Waals surface area (Å²) >= 11 is 5.84. The van der Waals surface area contributed by atoms with Gasteiger partial charge >= 0.3 is 0 Å².